The molecule has 0 saturated carbocycles. The zero-order chi connectivity index (χ0) is 21.9. The maximum atomic E-state index is 13.0. The van der Waals surface area contributed by atoms with E-state index < -0.39 is 17.8 Å². The summed E-state index contributed by atoms with van der Waals surface area (Å²) in [6, 6.07) is 11.2. The number of hydrogen-bond acceptors (Lipinski definition) is 3. The van der Waals surface area contributed by atoms with Gasteiger partial charge in [-0.05, 0) is 55.7 Å². The topological polar surface area (TPSA) is 32.8 Å². The summed E-state index contributed by atoms with van der Waals surface area (Å²) in [5.74, 6) is 0.625. The van der Waals surface area contributed by atoms with Crippen LogP contribution in [0.3, 0.4) is 0 Å². The lowest BCUT2D eigenvalue weighted by Gasteiger charge is -2.37. The van der Waals surface area contributed by atoms with E-state index in [-0.39, 0.29) is 5.91 Å². The number of benzene rings is 2. The molecule has 1 aliphatic rings. The van der Waals surface area contributed by atoms with Gasteiger partial charge in [-0.25, -0.2) is 0 Å². The second kappa shape index (κ2) is 8.98. The van der Waals surface area contributed by atoms with Crippen LogP contribution in [0, 0.1) is 13.8 Å². The van der Waals surface area contributed by atoms with Crippen molar-refractivity contribution in [2.75, 3.05) is 31.1 Å². The average molecular weight is 420 g/mol. The molecule has 1 heterocycles. The molecule has 7 heteroatoms. The van der Waals surface area contributed by atoms with Crippen LogP contribution in [-0.4, -0.2) is 43.1 Å². The number of rotatable bonds is 5. The first-order valence-electron chi connectivity index (χ1n) is 10.1. The van der Waals surface area contributed by atoms with Crippen molar-refractivity contribution >= 4 is 11.6 Å². The lowest BCUT2D eigenvalue weighted by atomic mass is 10.1. The molecular formula is C23H27F3N2O2. The van der Waals surface area contributed by atoms with Crippen molar-refractivity contribution in [1.82, 2.24) is 4.90 Å². The molecule has 1 saturated heterocycles. The first kappa shape index (κ1) is 22.0. The predicted octanol–water partition coefficient (Wildman–Crippen LogP) is 4.83. The van der Waals surface area contributed by atoms with Gasteiger partial charge in [-0.1, -0.05) is 25.1 Å². The second-order valence-corrected chi connectivity index (χ2v) is 7.64. The highest BCUT2D eigenvalue weighted by molar-refractivity contribution is 5.81. The minimum Gasteiger partial charge on any atom is -0.480 e. The summed E-state index contributed by atoms with van der Waals surface area (Å²) in [6.07, 6.45) is -4.40. The largest absolute Gasteiger partial charge is 0.480 e. The number of hydrogen-bond donors (Lipinski definition) is 0. The van der Waals surface area contributed by atoms with Crippen molar-refractivity contribution in [3.05, 3.63) is 59.2 Å². The van der Waals surface area contributed by atoms with Gasteiger partial charge in [0.15, 0.2) is 6.10 Å². The minimum absolute atomic E-state index is 0.0814. The molecule has 2 aromatic rings. The number of aryl methyl sites for hydroxylation is 2. The molecule has 3 rings (SSSR count). The fourth-order valence-electron chi connectivity index (χ4n) is 3.56. The molecule has 0 radical (unpaired) electrons. The van der Waals surface area contributed by atoms with Gasteiger partial charge in [0.05, 0.1) is 5.56 Å². The van der Waals surface area contributed by atoms with Gasteiger partial charge in [-0.2, -0.15) is 13.2 Å². The Morgan fingerprint density at radius 3 is 2.40 bits per heavy atom. The summed E-state index contributed by atoms with van der Waals surface area (Å²) >= 11 is 0. The third-order valence-electron chi connectivity index (χ3n) is 5.39. The Labute approximate surface area is 175 Å². The molecule has 1 amide bonds. The van der Waals surface area contributed by atoms with Crippen LogP contribution in [0.1, 0.15) is 30.0 Å². The van der Waals surface area contributed by atoms with Crippen molar-refractivity contribution in [3.8, 4) is 5.75 Å². The fraction of sp³-hybridized carbons (Fsp3) is 0.435. The number of nitrogens with zero attached hydrogens (tertiary/aromatic N) is 2. The third kappa shape index (κ3) is 5.07. The van der Waals surface area contributed by atoms with E-state index in [9.17, 15) is 18.0 Å². The maximum Gasteiger partial charge on any atom is 0.416 e. The van der Waals surface area contributed by atoms with E-state index in [0.29, 0.717) is 44.0 Å². The van der Waals surface area contributed by atoms with E-state index in [1.165, 1.54) is 6.07 Å². The van der Waals surface area contributed by atoms with Crippen LogP contribution >= 0.6 is 0 Å². The molecule has 1 fully saturated rings. The van der Waals surface area contributed by atoms with E-state index >= 15 is 0 Å². The zero-order valence-electron chi connectivity index (χ0n) is 17.5. The summed E-state index contributed by atoms with van der Waals surface area (Å²) in [5.41, 5.74) is 1.90. The number of ether oxygens (including phenoxy) is 1. The fourth-order valence-corrected chi connectivity index (χ4v) is 3.56. The molecule has 1 atom stereocenters. The highest BCUT2D eigenvalue weighted by atomic mass is 19.4. The molecule has 30 heavy (non-hydrogen) atoms. The van der Waals surface area contributed by atoms with Crippen molar-refractivity contribution < 1.29 is 22.7 Å². The Balaban J connectivity index is 1.63. The monoisotopic (exact) mass is 420 g/mol. The van der Waals surface area contributed by atoms with Crippen LogP contribution in [0.25, 0.3) is 0 Å². The van der Waals surface area contributed by atoms with Gasteiger partial charge in [0.25, 0.3) is 5.91 Å². The van der Waals surface area contributed by atoms with Crippen LogP contribution in [0.15, 0.2) is 42.5 Å². The Kier molecular flexibility index (Phi) is 6.58. The molecule has 0 bridgehead atoms. The number of amides is 1. The van der Waals surface area contributed by atoms with E-state index in [1.807, 2.05) is 43.9 Å². The van der Waals surface area contributed by atoms with Crippen LogP contribution in [0.5, 0.6) is 5.75 Å². The Morgan fingerprint density at radius 2 is 1.77 bits per heavy atom. The van der Waals surface area contributed by atoms with E-state index in [4.69, 9.17) is 4.74 Å². The molecular weight excluding hydrogens is 393 g/mol. The molecule has 0 N–H and O–H groups in total. The highest BCUT2D eigenvalue weighted by Gasteiger charge is 2.32. The number of alkyl halides is 3. The summed E-state index contributed by atoms with van der Waals surface area (Å²) in [4.78, 5) is 16.6. The first-order valence-corrected chi connectivity index (χ1v) is 10.1. The molecule has 0 aromatic heterocycles. The maximum absolute atomic E-state index is 13.0. The van der Waals surface area contributed by atoms with Gasteiger partial charge in [-0.15, -0.1) is 0 Å². The first-order chi connectivity index (χ1) is 14.2. The molecule has 162 valence electrons. The second-order valence-electron chi connectivity index (χ2n) is 7.64. The third-order valence-corrected chi connectivity index (χ3v) is 5.39. The molecule has 4 nitrogen and oxygen atoms in total. The molecule has 2 aromatic carbocycles. The van der Waals surface area contributed by atoms with Gasteiger partial charge >= 0.3 is 6.18 Å². The van der Waals surface area contributed by atoms with Crippen molar-refractivity contribution in [3.63, 3.8) is 0 Å². The lowest BCUT2D eigenvalue weighted by Crippen LogP contribution is -2.52. The number of anilines is 1. The average Bonchev–Trinajstić information content (AvgIpc) is 2.73. The Hall–Kier alpha value is -2.70. The molecule has 0 spiro atoms. The van der Waals surface area contributed by atoms with Crippen molar-refractivity contribution in [2.24, 2.45) is 0 Å². The summed E-state index contributed by atoms with van der Waals surface area (Å²) in [5, 5.41) is 0. The van der Waals surface area contributed by atoms with E-state index in [0.717, 1.165) is 23.3 Å². The van der Waals surface area contributed by atoms with Crippen LogP contribution in [0.4, 0.5) is 18.9 Å². The van der Waals surface area contributed by atoms with Gasteiger partial charge in [0, 0.05) is 31.9 Å². The standard InChI is InChI=1S/C23H27F3N2O2/c1-4-20(30-21-14-16(2)8-9-17(21)3)22(29)28-12-10-27(11-13-28)19-7-5-6-18(15-19)23(24,25)26/h5-9,14-15,20H,4,10-13H2,1-3H3. The minimum atomic E-state index is -4.37. The number of piperazine rings is 1. The molecule has 1 aliphatic heterocycles. The summed E-state index contributed by atoms with van der Waals surface area (Å²) in [7, 11) is 0. The van der Waals surface area contributed by atoms with Gasteiger partial charge in [0.1, 0.15) is 5.75 Å². The molecule has 0 aliphatic carbocycles. The summed E-state index contributed by atoms with van der Waals surface area (Å²) in [6.45, 7) is 7.68. The quantitative estimate of drug-likeness (QED) is 0.695. The van der Waals surface area contributed by atoms with Crippen molar-refractivity contribution in [1.29, 1.82) is 0 Å². The van der Waals surface area contributed by atoms with Crippen LogP contribution in [0.2, 0.25) is 0 Å². The van der Waals surface area contributed by atoms with Crippen molar-refractivity contribution in [2.45, 2.75) is 39.5 Å². The predicted molar refractivity (Wildman–Crippen MR) is 111 cm³/mol. The SMILES string of the molecule is CCC(Oc1cc(C)ccc1C)C(=O)N1CCN(c2cccc(C(F)(F)F)c2)CC1. The Morgan fingerprint density at radius 1 is 1.07 bits per heavy atom. The molecule has 1 unspecified atom stereocenters. The normalized spacial score (nSPS) is 15.8. The van der Waals surface area contributed by atoms with Gasteiger partial charge in [-0.3, -0.25) is 4.79 Å². The van der Waals surface area contributed by atoms with Gasteiger partial charge < -0.3 is 14.5 Å². The van der Waals surface area contributed by atoms with Crippen LogP contribution < -0.4 is 9.64 Å². The zero-order valence-corrected chi connectivity index (χ0v) is 17.5. The summed E-state index contributed by atoms with van der Waals surface area (Å²) < 4.78 is 45.0. The Bertz CT molecular complexity index is 890. The number of carbonyl (C=O) groups excluding carboxylic acids is 1. The highest BCUT2D eigenvalue weighted by Crippen LogP contribution is 2.32. The number of halogens is 3. The lowest BCUT2D eigenvalue weighted by molar-refractivity contribution is -0.139. The number of carbonyl (C=O) groups is 1. The smallest absolute Gasteiger partial charge is 0.416 e. The van der Waals surface area contributed by atoms with E-state index in [1.54, 1.807) is 11.0 Å². The van der Waals surface area contributed by atoms with E-state index in [2.05, 4.69) is 0 Å². The van der Waals surface area contributed by atoms with Crippen LogP contribution in [-0.2, 0) is 11.0 Å². The van der Waals surface area contributed by atoms with Gasteiger partial charge in [0.2, 0.25) is 0 Å².